The minimum absolute atomic E-state index is 0.00733. The third-order valence-corrected chi connectivity index (χ3v) is 2.79. The van der Waals surface area contributed by atoms with Crippen molar-refractivity contribution in [2.45, 2.75) is 26.7 Å². The lowest BCUT2D eigenvalue weighted by Crippen LogP contribution is -2.22. The molecule has 98 valence electrons. The molecule has 0 aliphatic heterocycles. The first kappa shape index (κ1) is 14.2. The molecule has 1 amide bonds. The molecule has 0 fully saturated rings. The molecule has 0 unspecified atom stereocenters. The number of hydrogen-bond acceptors (Lipinski definition) is 4. The van der Waals surface area contributed by atoms with Crippen molar-refractivity contribution in [3.63, 3.8) is 0 Å². The molecule has 18 heavy (non-hydrogen) atoms. The van der Waals surface area contributed by atoms with Gasteiger partial charge in [-0.2, -0.15) is 0 Å². The van der Waals surface area contributed by atoms with Crippen LogP contribution in [0.4, 0.5) is 5.82 Å². The van der Waals surface area contributed by atoms with E-state index in [0.717, 1.165) is 12.8 Å². The molecule has 0 aliphatic rings. The van der Waals surface area contributed by atoms with Crippen molar-refractivity contribution in [1.29, 1.82) is 0 Å². The number of amides is 1. The van der Waals surface area contributed by atoms with Gasteiger partial charge in [-0.3, -0.25) is 4.79 Å². The van der Waals surface area contributed by atoms with E-state index >= 15 is 0 Å². The van der Waals surface area contributed by atoms with Crippen LogP contribution < -0.4 is 5.32 Å². The van der Waals surface area contributed by atoms with E-state index in [1.54, 1.807) is 12.1 Å². The molecule has 0 saturated carbocycles. The summed E-state index contributed by atoms with van der Waals surface area (Å²) < 4.78 is 4.56. The van der Waals surface area contributed by atoms with Gasteiger partial charge < -0.3 is 10.1 Å². The van der Waals surface area contributed by atoms with Gasteiger partial charge in [0.15, 0.2) is 0 Å². The predicted molar refractivity (Wildman–Crippen MR) is 68.3 cm³/mol. The summed E-state index contributed by atoms with van der Waals surface area (Å²) in [5, 5.41) is 2.73. The summed E-state index contributed by atoms with van der Waals surface area (Å²) in [6.07, 6.45) is 2.97. The molecule has 1 aromatic rings. The maximum atomic E-state index is 11.8. The Labute approximate surface area is 107 Å². The van der Waals surface area contributed by atoms with Gasteiger partial charge in [0.1, 0.15) is 5.82 Å². The first-order chi connectivity index (χ1) is 8.62. The second-order valence-corrected chi connectivity index (χ2v) is 3.93. The average molecular weight is 250 g/mol. The molecule has 1 rings (SSSR count). The molecule has 0 spiro atoms. The highest BCUT2D eigenvalue weighted by atomic mass is 16.5. The molecule has 0 aromatic carbocycles. The Kier molecular flexibility index (Phi) is 5.30. The summed E-state index contributed by atoms with van der Waals surface area (Å²) >= 11 is 0. The van der Waals surface area contributed by atoms with Gasteiger partial charge in [0.2, 0.25) is 5.91 Å². The van der Waals surface area contributed by atoms with E-state index in [2.05, 4.69) is 15.0 Å². The summed E-state index contributed by atoms with van der Waals surface area (Å²) in [4.78, 5) is 27.0. The lowest BCUT2D eigenvalue weighted by Gasteiger charge is -2.12. The van der Waals surface area contributed by atoms with Gasteiger partial charge in [0.25, 0.3) is 0 Å². The summed E-state index contributed by atoms with van der Waals surface area (Å²) in [5.41, 5.74) is 0.359. The number of nitrogens with one attached hydrogen (secondary N) is 1. The third-order valence-electron chi connectivity index (χ3n) is 2.79. The van der Waals surface area contributed by atoms with Gasteiger partial charge >= 0.3 is 5.97 Å². The van der Waals surface area contributed by atoms with Crippen molar-refractivity contribution in [2.24, 2.45) is 5.92 Å². The van der Waals surface area contributed by atoms with Crippen molar-refractivity contribution < 1.29 is 14.3 Å². The van der Waals surface area contributed by atoms with Gasteiger partial charge in [0.05, 0.1) is 12.7 Å². The Balaban J connectivity index is 2.69. The molecule has 0 aliphatic carbocycles. The minimum atomic E-state index is -0.444. The standard InChI is InChI=1S/C13H18N2O3/c1-4-9(5-2)12(16)15-11-7-6-10(8-14-11)13(17)18-3/h6-9H,4-5H2,1-3H3,(H,14,15,16). The monoisotopic (exact) mass is 250 g/mol. The van der Waals surface area contributed by atoms with Crippen LogP contribution in [-0.2, 0) is 9.53 Å². The molecule has 1 N–H and O–H groups in total. The maximum Gasteiger partial charge on any atom is 0.339 e. The Morgan fingerprint density at radius 1 is 1.33 bits per heavy atom. The number of esters is 1. The zero-order chi connectivity index (χ0) is 13.5. The smallest absolute Gasteiger partial charge is 0.339 e. The number of hydrogen-bond donors (Lipinski definition) is 1. The van der Waals surface area contributed by atoms with E-state index in [-0.39, 0.29) is 11.8 Å². The fraction of sp³-hybridized carbons (Fsp3) is 0.462. The quantitative estimate of drug-likeness (QED) is 0.814. The molecule has 0 radical (unpaired) electrons. The second-order valence-electron chi connectivity index (χ2n) is 3.93. The van der Waals surface area contributed by atoms with Crippen molar-refractivity contribution in [2.75, 3.05) is 12.4 Å². The van der Waals surface area contributed by atoms with Crippen LogP contribution in [0.15, 0.2) is 18.3 Å². The van der Waals surface area contributed by atoms with E-state index in [0.29, 0.717) is 11.4 Å². The average Bonchev–Trinajstić information content (AvgIpc) is 2.40. The van der Waals surface area contributed by atoms with Crippen LogP contribution >= 0.6 is 0 Å². The Morgan fingerprint density at radius 2 is 2.00 bits per heavy atom. The summed E-state index contributed by atoms with van der Waals surface area (Å²) in [6.45, 7) is 3.95. The zero-order valence-corrected chi connectivity index (χ0v) is 10.9. The molecular weight excluding hydrogens is 232 g/mol. The van der Waals surface area contributed by atoms with Gasteiger partial charge in [-0.15, -0.1) is 0 Å². The van der Waals surface area contributed by atoms with Crippen LogP contribution in [0.25, 0.3) is 0 Å². The normalized spacial score (nSPS) is 10.2. The highest BCUT2D eigenvalue weighted by molar-refractivity contribution is 5.92. The van der Waals surface area contributed by atoms with Crippen LogP contribution in [0.3, 0.4) is 0 Å². The lowest BCUT2D eigenvalue weighted by molar-refractivity contribution is -0.120. The highest BCUT2D eigenvalue weighted by Crippen LogP contribution is 2.12. The zero-order valence-electron chi connectivity index (χ0n) is 10.9. The molecule has 1 aromatic heterocycles. The first-order valence-corrected chi connectivity index (χ1v) is 5.97. The molecule has 5 heteroatoms. The molecule has 0 bridgehead atoms. The van der Waals surface area contributed by atoms with Crippen molar-refractivity contribution in [1.82, 2.24) is 4.98 Å². The summed E-state index contributed by atoms with van der Waals surface area (Å²) in [5.74, 6) is -0.0506. The Hall–Kier alpha value is -1.91. The second kappa shape index (κ2) is 6.74. The number of aromatic nitrogens is 1. The van der Waals surface area contributed by atoms with Gasteiger partial charge in [0, 0.05) is 12.1 Å². The van der Waals surface area contributed by atoms with E-state index < -0.39 is 5.97 Å². The Morgan fingerprint density at radius 3 is 2.44 bits per heavy atom. The van der Waals surface area contributed by atoms with Gasteiger partial charge in [-0.05, 0) is 25.0 Å². The van der Waals surface area contributed by atoms with E-state index in [4.69, 9.17) is 0 Å². The van der Waals surface area contributed by atoms with Crippen LogP contribution in [0.1, 0.15) is 37.0 Å². The van der Waals surface area contributed by atoms with Crippen LogP contribution in [0, 0.1) is 5.92 Å². The van der Waals surface area contributed by atoms with Gasteiger partial charge in [-0.25, -0.2) is 9.78 Å². The number of nitrogens with zero attached hydrogens (tertiary/aromatic N) is 1. The van der Waals surface area contributed by atoms with Crippen molar-refractivity contribution in [3.05, 3.63) is 23.9 Å². The summed E-state index contributed by atoms with van der Waals surface area (Å²) in [6, 6.07) is 3.16. The molecular formula is C13H18N2O3. The fourth-order valence-corrected chi connectivity index (χ4v) is 1.59. The van der Waals surface area contributed by atoms with Crippen LogP contribution in [0.2, 0.25) is 0 Å². The first-order valence-electron chi connectivity index (χ1n) is 5.97. The number of pyridine rings is 1. The molecule has 0 saturated heterocycles. The largest absolute Gasteiger partial charge is 0.465 e. The van der Waals surface area contributed by atoms with E-state index in [9.17, 15) is 9.59 Å². The van der Waals surface area contributed by atoms with E-state index in [1.165, 1.54) is 13.3 Å². The number of ether oxygens (including phenoxy) is 1. The van der Waals surface area contributed by atoms with Gasteiger partial charge in [-0.1, -0.05) is 13.8 Å². The summed E-state index contributed by atoms with van der Waals surface area (Å²) in [7, 11) is 1.31. The van der Waals surface area contributed by atoms with Crippen LogP contribution in [-0.4, -0.2) is 24.0 Å². The Bertz CT molecular complexity index is 411. The van der Waals surface area contributed by atoms with Crippen molar-refractivity contribution in [3.8, 4) is 0 Å². The molecule has 0 atom stereocenters. The van der Waals surface area contributed by atoms with Crippen molar-refractivity contribution >= 4 is 17.7 Å². The number of carbonyl (C=O) groups excluding carboxylic acids is 2. The predicted octanol–water partition coefficient (Wildman–Crippen LogP) is 2.24. The minimum Gasteiger partial charge on any atom is -0.465 e. The number of methoxy groups -OCH3 is 1. The maximum absolute atomic E-state index is 11.8. The van der Waals surface area contributed by atoms with E-state index in [1.807, 2.05) is 13.8 Å². The topological polar surface area (TPSA) is 68.3 Å². The molecule has 1 heterocycles. The highest BCUT2D eigenvalue weighted by Gasteiger charge is 2.14. The van der Waals surface area contributed by atoms with Crippen LogP contribution in [0.5, 0.6) is 0 Å². The lowest BCUT2D eigenvalue weighted by atomic mass is 10.0. The number of carbonyl (C=O) groups is 2. The fourth-order valence-electron chi connectivity index (χ4n) is 1.59. The third kappa shape index (κ3) is 3.55. The molecule has 5 nitrogen and oxygen atoms in total. The number of rotatable bonds is 5. The SMILES string of the molecule is CCC(CC)C(=O)Nc1ccc(C(=O)OC)cn1. The number of anilines is 1.